The molecular weight excluding hydrogens is 271 g/mol. The molecule has 0 unspecified atom stereocenters. The molecule has 0 spiro atoms. The van der Waals surface area contributed by atoms with Crippen molar-refractivity contribution in [1.82, 2.24) is 20.3 Å². The zero-order valence-corrected chi connectivity index (χ0v) is 12.2. The van der Waals surface area contributed by atoms with E-state index in [0.717, 1.165) is 23.2 Å². The Morgan fingerprint density at radius 2 is 2.14 bits per heavy atom. The van der Waals surface area contributed by atoms with Gasteiger partial charge in [-0.15, -0.1) is 0 Å². The normalized spacial score (nSPS) is 22.4. The van der Waals surface area contributed by atoms with Crippen LogP contribution >= 0.6 is 0 Å². The van der Waals surface area contributed by atoms with Crippen LogP contribution in [0.4, 0.5) is 16.2 Å². The van der Waals surface area contributed by atoms with Crippen LogP contribution in [0.2, 0.25) is 0 Å². The fraction of sp³-hybridized carbons (Fsp3) is 0.500. The highest BCUT2D eigenvalue weighted by Crippen LogP contribution is 2.23. The number of halogens is 1. The number of nitrogens with zero attached hydrogens (tertiary/aromatic N) is 3. The van der Waals surface area contributed by atoms with Crippen molar-refractivity contribution in [2.45, 2.75) is 32.5 Å². The Morgan fingerprint density at radius 3 is 2.90 bits per heavy atom. The van der Waals surface area contributed by atoms with Gasteiger partial charge in [-0.2, -0.15) is 9.97 Å². The van der Waals surface area contributed by atoms with E-state index in [-0.39, 0.29) is 6.04 Å². The van der Waals surface area contributed by atoms with Crippen molar-refractivity contribution in [3.63, 3.8) is 0 Å². The summed E-state index contributed by atoms with van der Waals surface area (Å²) in [5.41, 5.74) is 8.42. The van der Waals surface area contributed by atoms with Gasteiger partial charge in [-0.05, 0) is 38.4 Å². The maximum absolute atomic E-state index is 13.8. The Morgan fingerprint density at radius 1 is 1.33 bits per heavy atom. The van der Waals surface area contributed by atoms with Gasteiger partial charge in [0, 0.05) is 12.2 Å². The summed E-state index contributed by atoms with van der Waals surface area (Å²) in [6, 6.07) is 1.65. The molecule has 1 aliphatic heterocycles. The third-order valence-corrected chi connectivity index (χ3v) is 3.74. The minimum atomic E-state index is -0.966. The van der Waals surface area contributed by atoms with E-state index in [1.165, 1.54) is 0 Å². The van der Waals surface area contributed by atoms with Crippen molar-refractivity contribution in [2.24, 2.45) is 0 Å². The smallest absolute Gasteiger partial charge is 0.227 e. The molecule has 0 aromatic carbocycles. The molecular formula is C14H19FN6. The predicted molar refractivity (Wildman–Crippen MR) is 81.0 cm³/mol. The van der Waals surface area contributed by atoms with Gasteiger partial charge in [0.05, 0.1) is 11.4 Å². The number of nitrogens with two attached hydrogens (primary N) is 1. The van der Waals surface area contributed by atoms with Gasteiger partial charge >= 0.3 is 0 Å². The van der Waals surface area contributed by atoms with E-state index >= 15 is 0 Å². The van der Waals surface area contributed by atoms with Crippen LogP contribution in [-0.4, -0.2) is 40.3 Å². The average Bonchev–Trinajstić information content (AvgIpc) is 2.40. The third-order valence-electron chi connectivity index (χ3n) is 3.74. The predicted octanol–water partition coefficient (Wildman–Crippen LogP) is 1.34. The first-order chi connectivity index (χ1) is 10.0. The van der Waals surface area contributed by atoms with Gasteiger partial charge in [0.25, 0.3) is 0 Å². The standard InChI is InChI=1S/C14H19FN6/c1-7-5-8(2)18-13-11(7)12(16)20-14(21-13)19-10-3-4-17-6-9(10)15/h5,9-10,17H,3-4,6H2,1-2H3,(H3,16,18,19,20,21)/t9-,10-/m1/s1. The molecule has 0 aliphatic carbocycles. The summed E-state index contributed by atoms with van der Waals surface area (Å²) in [6.45, 7) is 4.98. The highest BCUT2D eigenvalue weighted by molar-refractivity contribution is 5.89. The molecule has 2 aromatic heterocycles. The lowest BCUT2D eigenvalue weighted by atomic mass is 10.1. The molecule has 6 nitrogen and oxygen atoms in total. The Labute approximate surface area is 122 Å². The van der Waals surface area contributed by atoms with E-state index in [9.17, 15) is 4.39 Å². The van der Waals surface area contributed by atoms with Crippen molar-refractivity contribution in [2.75, 3.05) is 24.1 Å². The van der Waals surface area contributed by atoms with Crippen LogP contribution in [0.1, 0.15) is 17.7 Å². The lowest BCUT2D eigenvalue weighted by molar-refractivity contribution is 0.244. The zero-order valence-electron chi connectivity index (χ0n) is 12.2. The maximum Gasteiger partial charge on any atom is 0.227 e. The fourth-order valence-electron chi connectivity index (χ4n) is 2.72. The molecule has 0 radical (unpaired) electrons. The number of aromatic nitrogens is 3. The van der Waals surface area contributed by atoms with Crippen molar-refractivity contribution in [3.05, 3.63) is 17.3 Å². The van der Waals surface area contributed by atoms with E-state index in [1.54, 1.807) is 0 Å². The van der Waals surface area contributed by atoms with E-state index in [1.807, 2.05) is 19.9 Å². The van der Waals surface area contributed by atoms with Gasteiger partial charge in [-0.25, -0.2) is 9.37 Å². The maximum atomic E-state index is 13.8. The number of pyridine rings is 1. The van der Waals surface area contributed by atoms with Gasteiger partial charge in [-0.3, -0.25) is 0 Å². The molecule has 1 saturated heterocycles. The lowest BCUT2D eigenvalue weighted by Gasteiger charge is -2.27. The Hall–Kier alpha value is -2.02. The fourth-order valence-corrected chi connectivity index (χ4v) is 2.72. The van der Waals surface area contributed by atoms with Crippen molar-refractivity contribution < 1.29 is 4.39 Å². The third kappa shape index (κ3) is 2.73. The Balaban J connectivity index is 1.96. The van der Waals surface area contributed by atoms with Gasteiger partial charge in [0.15, 0.2) is 5.65 Å². The van der Waals surface area contributed by atoms with Crippen LogP contribution in [-0.2, 0) is 0 Å². The van der Waals surface area contributed by atoms with Gasteiger partial charge in [0.2, 0.25) is 5.95 Å². The summed E-state index contributed by atoms with van der Waals surface area (Å²) in [6.07, 6.45) is -0.283. The highest BCUT2D eigenvalue weighted by atomic mass is 19.1. The number of hydrogen-bond donors (Lipinski definition) is 3. The van der Waals surface area contributed by atoms with Crippen LogP contribution < -0.4 is 16.4 Å². The molecule has 112 valence electrons. The highest BCUT2D eigenvalue weighted by Gasteiger charge is 2.25. The molecule has 2 aromatic rings. The van der Waals surface area contributed by atoms with E-state index < -0.39 is 6.17 Å². The molecule has 3 rings (SSSR count). The first kappa shape index (κ1) is 13.9. The van der Waals surface area contributed by atoms with Crippen molar-refractivity contribution >= 4 is 22.8 Å². The van der Waals surface area contributed by atoms with Gasteiger partial charge in [-0.1, -0.05) is 0 Å². The summed E-state index contributed by atoms with van der Waals surface area (Å²) in [5, 5.41) is 6.82. The molecule has 0 amide bonds. The van der Waals surface area contributed by atoms with E-state index in [0.29, 0.717) is 30.4 Å². The second-order valence-corrected chi connectivity index (χ2v) is 5.47. The Kier molecular flexibility index (Phi) is 3.59. The molecule has 0 saturated carbocycles. The first-order valence-electron chi connectivity index (χ1n) is 7.07. The molecule has 3 heterocycles. The van der Waals surface area contributed by atoms with Crippen molar-refractivity contribution in [3.8, 4) is 0 Å². The second-order valence-electron chi connectivity index (χ2n) is 5.47. The number of piperidine rings is 1. The molecule has 21 heavy (non-hydrogen) atoms. The summed E-state index contributed by atoms with van der Waals surface area (Å²) < 4.78 is 13.8. The minimum Gasteiger partial charge on any atom is -0.383 e. The second kappa shape index (κ2) is 5.40. The van der Waals surface area contributed by atoms with Crippen LogP contribution in [0.15, 0.2) is 6.07 Å². The van der Waals surface area contributed by atoms with E-state index in [4.69, 9.17) is 5.73 Å². The molecule has 2 atom stereocenters. The van der Waals surface area contributed by atoms with Gasteiger partial charge in [0.1, 0.15) is 12.0 Å². The first-order valence-corrected chi connectivity index (χ1v) is 7.07. The minimum absolute atomic E-state index is 0.297. The molecule has 1 fully saturated rings. The number of anilines is 2. The number of nitrogens with one attached hydrogen (secondary N) is 2. The summed E-state index contributed by atoms with van der Waals surface area (Å²) in [7, 11) is 0. The molecule has 7 heteroatoms. The van der Waals surface area contributed by atoms with Crippen LogP contribution in [0.5, 0.6) is 0 Å². The number of hydrogen-bond acceptors (Lipinski definition) is 6. The number of nitrogen functional groups attached to an aromatic ring is 1. The topological polar surface area (TPSA) is 88.8 Å². The zero-order chi connectivity index (χ0) is 15.0. The summed E-state index contributed by atoms with van der Waals surface area (Å²) in [5.74, 6) is 0.712. The van der Waals surface area contributed by atoms with Crippen LogP contribution in [0.3, 0.4) is 0 Å². The lowest BCUT2D eigenvalue weighted by Crippen LogP contribution is -2.45. The molecule has 0 bridgehead atoms. The summed E-state index contributed by atoms with van der Waals surface area (Å²) >= 11 is 0. The van der Waals surface area contributed by atoms with E-state index in [2.05, 4.69) is 25.6 Å². The Bertz CT molecular complexity index is 674. The van der Waals surface area contributed by atoms with Crippen LogP contribution in [0.25, 0.3) is 11.0 Å². The average molecular weight is 290 g/mol. The molecule has 4 N–H and O–H groups in total. The molecule has 1 aliphatic rings. The number of aryl methyl sites for hydroxylation is 2. The summed E-state index contributed by atoms with van der Waals surface area (Å²) in [4.78, 5) is 13.0. The van der Waals surface area contributed by atoms with Gasteiger partial charge < -0.3 is 16.4 Å². The number of alkyl halides is 1. The van der Waals surface area contributed by atoms with Crippen molar-refractivity contribution in [1.29, 1.82) is 0 Å². The largest absolute Gasteiger partial charge is 0.383 e. The number of fused-ring (bicyclic) bond motifs is 1. The number of rotatable bonds is 2. The quantitative estimate of drug-likeness (QED) is 0.773. The monoisotopic (exact) mass is 290 g/mol. The van der Waals surface area contributed by atoms with Crippen LogP contribution in [0, 0.1) is 13.8 Å². The SMILES string of the molecule is Cc1cc(C)c2c(N)nc(N[C@@H]3CCNC[C@H]3F)nc2n1.